The van der Waals surface area contributed by atoms with Gasteiger partial charge in [0.2, 0.25) is 10.0 Å². The summed E-state index contributed by atoms with van der Waals surface area (Å²) in [6.45, 7) is 7.62. The van der Waals surface area contributed by atoms with Crippen LogP contribution in [0.5, 0.6) is 0 Å². The van der Waals surface area contributed by atoms with Gasteiger partial charge in [0.15, 0.2) is 0 Å². The zero-order valence-corrected chi connectivity index (χ0v) is 16.8. The summed E-state index contributed by atoms with van der Waals surface area (Å²) in [5.41, 5.74) is 0.572. The lowest BCUT2D eigenvalue weighted by molar-refractivity contribution is 0.0701. The van der Waals surface area contributed by atoms with E-state index in [1.165, 1.54) is 0 Å². The Balaban J connectivity index is 1.79. The SMILES string of the molecule is CC(C)C1CCCN1C(=O)c1ccc(S(=O)(=O)N2CCCCC2C)cc1. The highest BCUT2D eigenvalue weighted by Gasteiger charge is 2.33. The maximum absolute atomic E-state index is 12.9. The second kappa shape index (κ2) is 7.69. The summed E-state index contributed by atoms with van der Waals surface area (Å²) in [6.07, 6.45) is 4.97. The Morgan fingerprint density at radius 2 is 1.73 bits per heavy atom. The number of sulfonamides is 1. The van der Waals surface area contributed by atoms with Crippen LogP contribution in [0.2, 0.25) is 0 Å². The van der Waals surface area contributed by atoms with Gasteiger partial charge in [-0.1, -0.05) is 20.3 Å². The van der Waals surface area contributed by atoms with E-state index in [1.54, 1.807) is 28.6 Å². The normalized spacial score (nSPS) is 25.0. The largest absolute Gasteiger partial charge is 0.335 e. The first-order chi connectivity index (χ1) is 12.3. The number of carbonyl (C=O) groups excluding carboxylic acids is 1. The van der Waals surface area contributed by atoms with Gasteiger partial charge in [-0.05, 0) is 62.8 Å². The van der Waals surface area contributed by atoms with Crippen molar-refractivity contribution in [1.82, 2.24) is 9.21 Å². The molecule has 5 nitrogen and oxygen atoms in total. The fraction of sp³-hybridized carbons (Fsp3) is 0.650. The van der Waals surface area contributed by atoms with Crippen LogP contribution >= 0.6 is 0 Å². The third kappa shape index (κ3) is 3.67. The van der Waals surface area contributed by atoms with Crippen molar-refractivity contribution in [1.29, 1.82) is 0 Å². The molecule has 0 aliphatic carbocycles. The summed E-state index contributed by atoms with van der Waals surface area (Å²) in [6, 6.07) is 6.82. The molecule has 2 unspecified atom stereocenters. The van der Waals surface area contributed by atoms with Gasteiger partial charge >= 0.3 is 0 Å². The first-order valence-electron chi connectivity index (χ1n) is 9.75. The summed E-state index contributed by atoms with van der Waals surface area (Å²) < 4.78 is 27.4. The molecule has 0 aromatic heterocycles. The molecular formula is C20H30N2O3S. The summed E-state index contributed by atoms with van der Waals surface area (Å²) in [7, 11) is -3.49. The number of carbonyl (C=O) groups is 1. The molecule has 1 amide bonds. The summed E-state index contributed by atoms with van der Waals surface area (Å²) in [5, 5.41) is 0. The first kappa shape index (κ1) is 19.4. The molecule has 2 heterocycles. The number of benzene rings is 1. The van der Waals surface area contributed by atoms with E-state index < -0.39 is 10.0 Å². The number of piperidine rings is 1. The molecule has 0 bridgehead atoms. The van der Waals surface area contributed by atoms with Crippen molar-refractivity contribution in [2.45, 2.75) is 69.9 Å². The third-order valence-corrected chi connectivity index (χ3v) is 7.81. The maximum Gasteiger partial charge on any atom is 0.254 e. The molecule has 2 fully saturated rings. The van der Waals surface area contributed by atoms with Gasteiger partial charge in [0, 0.05) is 30.7 Å². The molecule has 1 aromatic carbocycles. The molecule has 26 heavy (non-hydrogen) atoms. The van der Waals surface area contributed by atoms with Gasteiger partial charge in [0.25, 0.3) is 5.91 Å². The highest BCUT2D eigenvalue weighted by molar-refractivity contribution is 7.89. The lowest BCUT2D eigenvalue weighted by Crippen LogP contribution is -2.42. The van der Waals surface area contributed by atoms with Crippen LogP contribution in [0.1, 0.15) is 63.2 Å². The van der Waals surface area contributed by atoms with Gasteiger partial charge in [0.05, 0.1) is 4.90 Å². The van der Waals surface area contributed by atoms with E-state index in [0.717, 1.165) is 38.6 Å². The molecule has 0 saturated carbocycles. The Kier molecular flexibility index (Phi) is 5.72. The second-order valence-corrected chi connectivity index (χ2v) is 9.83. The number of amides is 1. The predicted molar refractivity (Wildman–Crippen MR) is 103 cm³/mol. The Bertz CT molecular complexity index is 743. The average molecular weight is 379 g/mol. The Labute approximate surface area is 157 Å². The number of nitrogens with zero attached hydrogens (tertiary/aromatic N) is 2. The molecule has 1 aromatic rings. The Hall–Kier alpha value is -1.40. The molecule has 0 radical (unpaired) electrons. The van der Waals surface area contributed by atoms with E-state index in [2.05, 4.69) is 13.8 Å². The van der Waals surface area contributed by atoms with Crippen LogP contribution in [-0.4, -0.2) is 48.7 Å². The lowest BCUT2D eigenvalue weighted by Gasteiger charge is -2.32. The van der Waals surface area contributed by atoms with Gasteiger partial charge in [0.1, 0.15) is 0 Å². The van der Waals surface area contributed by atoms with Crippen LogP contribution in [0.25, 0.3) is 0 Å². The monoisotopic (exact) mass is 378 g/mol. The predicted octanol–water partition coefficient (Wildman–Crippen LogP) is 3.51. The topological polar surface area (TPSA) is 57.7 Å². The van der Waals surface area contributed by atoms with Crippen molar-refractivity contribution >= 4 is 15.9 Å². The molecule has 144 valence electrons. The van der Waals surface area contributed by atoms with Crippen molar-refractivity contribution in [2.24, 2.45) is 5.92 Å². The standard InChI is InChI=1S/C20H30N2O3S/c1-15(2)19-8-6-13-21(19)20(23)17-9-11-18(12-10-17)26(24,25)22-14-5-4-7-16(22)3/h9-12,15-16,19H,4-8,13-14H2,1-3H3. The van der Waals surface area contributed by atoms with Crippen LogP contribution in [0.4, 0.5) is 0 Å². The van der Waals surface area contributed by atoms with E-state index in [4.69, 9.17) is 0 Å². The van der Waals surface area contributed by atoms with Gasteiger partial charge in [-0.15, -0.1) is 0 Å². The molecular weight excluding hydrogens is 348 g/mol. The van der Waals surface area contributed by atoms with Gasteiger partial charge in [-0.2, -0.15) is 4.31 Å². The number of hydrogen-bond acceptors (Lipinski definition) is 3. The Morgan fingerprint density at radius 3 is 2.35 bits per heavy atom. The van der Waals surface area contributed by atoms with E-state index in [0.29, 0.717) is 18.0 Å². The summed E-state index contributed by atoms with van der Waals surface area (Å²) in [5.74, 6) is 0.443. The fourth-order valence-corrected chi connectivity index (χ4v) is 5.94. The van der Waals surface area contributed by atoms with Crippen molar-refractivity contribution in [3.8, 4) is 0 Å². The molecule has 0 N–H and O–H groups in total. The second-order valence-electron chi connectivity index (χ2n) is 7.94. The van der Waals surface area contributed by atoms with Crippen LogP contribution in [0.15, 0.2) is 29.2 Å². The highest BCUT2D eigenvalue weighted by Crippen LogP contribution is 2.28. The van der Waals surface area contributed by atoms with E-state index in [9.17, 15) is 13.2 Å². The van der Waals surface area contributed by atoms with Crippen molar-refractivity contribution in [3.63, 3.8) is 0 Å². The smallest absolute Gasteiger partial charge is 0.254 e. The highest BCUT2D eigenvalue weighted by atomic mass is 32.2. The maximum atomic E-state index is 12.9. The minimum Gasteiger partial charge on any atom is -0.335 e. The number of hydrogen-bond donors (Lipinski definition) is 0. The van der Waals surface area contributed by atoms with Crippen molar-refractivity contribution in [3.05, 3.63) is 29.8 Å². The zero-order chi connectivity index (χ0) is 18.9. The molecule has 6 heteroatoms. The molecule has 0 spiro atoms. The minimum absolute atomic E-state index is 0.0106. The van der Waals surface area contributed by atoms with Crippen LogP contribution in [0.3, 0.4) is 0 Å². The summed E-state index contributed by atoms with van der Waals surface area (Å²) >= 11 is 0. The third-order valence-electron chi connectivity index (χ3n) is 5.78. The van der Waals surface area contributed by atoms with E-state index in [1.807, 2.05) is 11.8 Å². The quantitative estimate of drug-likeness (QED) is 0.806. The average Bonchev–Trinajstić information content (AvgIpc) is 3.11. The number of rotatable bonds is 4. The van der Waals surface area contributed by atoms with E-state index in [-0.39, 0.29) is 22.9 Å². The molecule has 2 saturated heterocycles. The molecule has 3 rings (SSSR count). The van der Waals surface area contributed by atoms with Crippen LogP contribution < -0.4 is 0 Å². The Morgan fingerprint density at radius 1 is 1.04 bits per heavy atom. The van der Waals surface area contributed by atoms with Gasteiger partial charge < -0.3 is 4.90 Å². The van der Waals surface area contributed by atoms with Gasteiger partial charge in [-0.25, -0.2) is 8.42 Å². The van der Waals surface area contributed by atoms with Crippen LogP contribution in [0, 0.1) is 5.92 Å². The molecule has 2 aliphatic heterocycles. The molecule has 2 aliphatic rings. The fourth-order valence-electron chi connectivity index (χ4n) is 4.24. The van der Waals surface area contributed by atoms with Gasteiger partial charge in [-0.3, -0.25) is 4.79 Å². The lowest BCUT2D eigenvalue weighted by atomic mass is 10.0. The minimum atomic E-state index is -3.49. The first-order valence-corrected chi connectivity index (χ1v) is 11.2. The van der Waals surface area contributed by atoms with Crippen molar-refractivity contribution < 1.29 is 13.2 Å². The molecule has 2 atom stereocenters. The van der Waals surface area contributed by atoms with E-state index >= 15 is 0 Å². The van der Waals surface area contributed by atoms with Crippen molar-refractivity contribution in [2.75, 3.05) is 13.1 Å². The van der Waals surface area contributed by atoms with Crippen LogP contribution in [-0.2, 0) is 10.0 Å². The summed E-state index contributed by atoms with van der Waals surface area (Å²) in [4.78, 5) is 15.1. The zero-order valence-electron chi connectivity index (χ0n) is 16.0. The number of likely N-dealkylation sites (tertiary alicyclic amines) is 1.